The first-order chi connectivity index (χ1) is 5.74. The Morgan fingerprint density at radius 3 is 2.92 bits per heavy atom. The van der Waals surface area contributed by atoms with Crippen molar-refractivity contribution in [2.24, 2.45) is 0 Å². The molecule has 1 atom stereocenters. The molecular weight excluding hydrogens is 172 g/mol. The molecule has 0 aromatic carbocycles. The first-order valence-electron chi connectivity index (χ1n) is 4.41. The Bertz CT molecular complexity index is 193. The Balaban J connectivity index is 2.22. The molecule has 0 radical (unpaired) electrons. The zero-order valence-electron chi connectivity index (χ0n) is 7.51. The van der Waals surface area contributed by atoms with E-state index in [1.807, 2.05) is 11.8 Å². The van der Waals surface area contributed by atoms with E-state index in [0.717, 1.165) is 43.3 Å². The highest BCUT2D eigenvalue weighted by atomic mass is 32.2. The van der Waals surface area contributed by atoms with E-state index in [9.17, 15) is 4.21 Å². The highest BCUT2D eigenvalue weighted by molar-refractivity contribution is 7.84. The molecule has 3 nitrogen and oxygen atoms in total. The minimum atomic E-state index is -0.676. The summed E-state index contributed by atoms with van der Waals surface area (Å²) in [5, 5.41) is 7.53. The molecule has 1 aliphatic rings. The predicted molar refractivity (Wildman–Crippen MR) is 52.1 cm³/mol. The van der Waals surface area contributed by atoms with E-state index in [4.69, 9.17) is 5.41 Å². The molecule has 1 aliphatic heterocycles. The fraction of sp³-hybridized carbons (Fsp3) is 0.875. The maximum atomic E-state index is 11.1. The van der Waals surface area contributed by atoms with Crippen LogP contribution in [0.15, 0.2) is 0 Å². The molecule has 1 saturated heterocycles. The topological polar surface area (TPSA) is 44.2 Å². The maximum Gasteiger partial charge on any atom is 0.0958 e. The highest BCUT2D eigenvalue weighted by Gasteiger charge is 2.16. The molecule has 0 aliphatic carbocycles. The standard InChI is InChI=1S/C8H16N2OS/c1-2-12(11)7-6-10-5-3-4-8(10)9/h9H,2-7H2,1H3. The summed E-state index contributed by atoms with van der Waals surface area (Å²) < 4.78 is 11.1. The molecule has 0 saturated carbocycles. The van der Waals surface area contributed by atoms with E-state index in [-0.39, 0.29) is 0 Å². The molecule has 1 unspecified atom stereocenters. The fourth-order valence-corrected chi connectivity index (χ4v) is 2.05. The Morgan fingerprint density at radius 1 is 1.67 bits per heavy atom. The van der Waals surface area contributed by atoms with Crippen LogP contribution in [0.5, 0.6) is 0 Å². The van der Waals surface area contributed by atoms with Gasteiger partial charge in [-0.25, -0.2) is 0 Å². The van der Waals surface area contributed by atoms with Crippen molar-refractivity contribution in [2.75, 3.05) is 24.6 Å². The minimum absolute atomic E-state index is 0.676. The quantitative estimate of drug-likeness (QED) is 0.710. The van der Waals surface area contributed by atoms with E-state index in [1.165, 1.54) is 0 Å². The summed E-state index contributed by atoms with van der Waals surface area (Å²) in [6, 6.07) is 0. The van der Waals surface area contributed by atoms with Gasteiger partial charge in [0.1, 0.15) is 0 Å². The molecule has 0 spiro atoms. The van der Waals surface area contributed by atoms with Gasteiger partial charge >= 0.3 is 0 Å². The monoisotopic (exact) mass is 188 g/mol. The van der Waals surface area contributed by atoms with Crippen molar-refractivity contribution in [3.63, 3.8) is 0 Å². The second kappa shape index (κ2) is 4.60. The number of likely N-dealkylation sites (tertiary alicyclic amines) is 1. The van der Waals surface area contributed by atoms with Crippen molar-refractivity contribution < 1.29 is 4.21 Å². The summed E-state index contributed by atoms with van der Waals surface area (Å²) >= 11 is 0. The Labute approximate surface area is 76.1 Å². The van der Waals surface area contributed by atoms with Crippen LogP contribution in [0, 0.1) is 5.41 Å². The lowest BCUT2D eigenvalue weighted by molar-refractivity contribution is 0.478. The third-order valence-electron chi connectivity index (χ3n) is 2.13. The van der Waals surface area contributed by atoms with Gasteiger partial charge in [-0.05, 0) is 6.42 Å². The lowest BCUT2D eigenvalue weighted by atomic mass is 10.4. The van der Waals surface area contributed by atoms with Gasteiger partial charge in [0.05, 0.1) is 5.84 Å². The van der Waals surface area contributed by atoms with Crippen molar-refractivity contribution in [3.8, 4) is 0 Å². The molecule has 0 bridgehead atoms. The summed E-state index contributed by atoms with van der Waals surface area (Å²) in [6.07, 6.45) is 2.00. The first-order valence-corrected chi connectivity index (χ1v) is 5.90. The van der Waals surface area contributed by atoms with Crippen molar-refractivity contribution >= 4 is 16.6 Å². The van der Waals surface area contributed by atoms with Crippen molar-refractivity contribution in [1.29, 1.82) is 5.41 Å². The summed E-state index contributed by atoms with van der Waals surface area (Å²) in [5.74, 6) is 2.18. The van der Waals surface area contributed by atoms with Crippen molar-refractivity contribution in [3.05, 3.63) is 0 Å². The van der Waals surface area contributed by atoms with Crippen LogP contribution in [0.2, 0.25) is 0 Å². The molecule has 12 heavy (non-hydrogen) atoms. The largest absolute Gasteiger partial charge is 0.360 e. The van der Waals surface area contributed by atoms with E-state index in [0.29, 0.717) is 0 Å². The molecule has 4 heteroatoms. The van der Waals surface area contributed by atoms with Gasteiger partial charge in [0.15, 0.2) is 0 Å². The number of nitrogens with one attached hydrogen (secondary N) is 1. The van der Waals surface area contributed by atoms with Crippen LogP contribution >= 0.6 is 0 Å². The lowest BCUT2D eigenvalue weighted by Gasteiger charge is -2.16. The molecule has 70 valence electrons. The third-order valence-corrected chi connectivity index (χ3v) is 3.42. The minimum Gasteiger partial charge on any atom is -0.360 e. The molecule has 1 N–H and O–H groups in total. The summed E-state index contributed by atoms with van der Waals surface area (Å²) in [7, 11) is -0.676. The molecule has 0 aromatic heterocycles. The van der Waals surface area contributed by atoms with Crippen LogP contribution in [-0.4, -0.2) is 39.5 Å². The van der Waals surface area contributed by atoms with Crippen LogP contribution in [0.4, 0.5) is 0 Å². The second-order valence-corrected chi connectivity index (χ2v) is 4.84. The maximum absolute atomic E-state index is 11.1. The highest BCUT2D eigenvalue weighted by Crippen LogP contribution is 2.08. The van der Waals surface area contributed by atoms with Gasteiger partial charge in [-0.15, -0.1) is 0 Å². The fourth-order valence-electron chi connectivity index (χ4n) is 1.33. The number of rotatable bonds is 4. The smallest absolute Gasteiger partial charge is 0.0958 e. The molecule has 0 aromatic rings. The zero-order chi connectivity index (χ0) is 8.97. The zero-order valence-corrected chi connectivity index (χ0v) is 8.32. The number of amidine groups is 1. The molecule has 1 heterocycles. The van der Waals surface area contributed by atoms with E-state index in [1.54, 1.807) is 0 Å². The van der Waals surface area contributed by atoms with Crippen LogP contribution in [0.3, 0.4) is 0 Å². The van der Waals surface area contributed by atoms with Gasteiger partial charge in [-0.1, -0.05) is 6.92 Å². The molecule has 0 amide bonds. The Hall–Kier alpha value is -0.380. The SMILES string of the molecule is CCS(=O)CCN1CCCC1=N. The van der Waals surface area contributed by atoms with Crippen molar-refractivity contribution in [2.45, 2.75) is 19.8 Å². The number of nitrogens with zero attached hydrogens (tertiary/aromatic N) is 1. The lowest BCUT2D eigenvalue weighted by Crippen LogP contribution is -2.28. The van der Waals surface area contributed by atoms with Crippen LogP contribution in [0.1, 0.15) is 19.8 Å². The normalized spacial score (nSPS) is 20.1. The van der Waals surface area contributed by atoms with Gasteiger partial charge in [0.25, 0.3) is 0 Å². The van der Waals surface area contributed by atoms with E-state index in [2.05, 4.69) is 0 Å². The Kier molecular flexibility index (Phi) is 3.72. The van der Waals surface area contributed by atoms with Crippen LogP contribution in [-0.2, 0) is 10.8 Å². The van der Waals surface area contributed by atoms with Crippen molar-refractivity contribution in [1.82, 2.24) is 4.90 Å². The predicted octanol–water partition coefficient (Wildman–Crippen LogP) is 0.828. The molecule has 1 fully saturated rings. The van der Waals surface area contributed by atoms with E-state index < -0.39 is 10.8 Å². The first kappa shape index (κ1) is 9.71. The van der Waals surface area contributed by atoms with Gasteiger partial charge in [0, 0.05) is 41.8 Å². The van der Waals surface area contributed by atoms with Gasteiger partial charge in [-0.2, -0.15) is 0 Å². The third kappa shape index (κ3) is 2.59. The second-order valence-electron chi connectivity index (χ2n) is 2.97. The van der Waals surface area contributed by atoms with Crippen LogP contribution < -0.4 is 0 Å². The average Bonchev–Trinajstić information content (AvgIpc) is 2.47. The average molecular weight is 188 g/mol. The number of hydrogen-bond donors (Lipinski definition) is 1. The summed E-state index contributed by atoms with van der Waals surface area (Å²) in [5.41, 5.74) is 0. The number of hydrogen-bond acceptors (Lipinski definition) is 2. The van der Waals surface area contributed by atoms with Crippen LogP contribution in [0.25, 0.3) is 0 Å². The molecular formula is C8H16N2OS. The summed E-state index contributed by atoms with van der Waals surface area (Å²) in [6.45, 7) is 3.73. The van der Waals surface area contributed by atoms with E-state index >= 15 is 0 Å². The van der Waals surface area contributed by atoms with Gasteiger partial charge < -0.3 is 4.90 Å². The van der Waals surface area contributed by atoms with Gasteiger partial charge in [-0.3, -0.25) is 9.62 Å². The van der Waals surface area contributed by atoms with Gasteiger partial charge in [0.2, 0.25) is 0 Å². The summed E-state index contributed by atoms with van der Waals surface area (Å²) in [4.78, 5) is 2.04. The Morgan fingerprint density at radius 2 is 2.42 bits per heavy atom. The molecule has 1 rings (SSSR count).